The molecule has 0 fully saturated rings. The number of hydrogen-bond acceptors (Lipinski definition) is 2. The molecule has 42 heavy (non-hydrogen) atoms. The molecule has 0 aliphatic heterocycles. The van der Waals surface area contributed by atoms with E-state index in [0.717, 1.165) is 22.6 Å². The predicted octanol–water partition coefficient (Wildman–Crippen LogP) is 10.3. The van der Waals surface area contributed by atoms with Crippen LogP contribution in [-0.4, -0.2) is 0 Å². The summed E-state index contributed by atoms with van der Waals surface area (Å²) in [5.41, 5.74) is 9.68. The molecule has 0 saturated heterocycles. The molecule has 6 aromatic rings. The lowest BCUT2D eigenvalue weighted by atomic mass is 9.93. The van der Waals surface area contributed by atoms with Crippen LogP contribution >= 0.6 is 0 Å². The fraction of sp³-hybridized carbons (Fsp3) is 0.100. The van der Waals surface area contributed by atoms with Gasteiger partial charge < -0.3 is 9.47 Å². The zero-order valence-electron chi connectivity index (χ0n) is 23.8. The van der Waals surface area contributed by atoms with Crippen LogP contribution in [-0.2, 0) is 13.2 Å². The molecule has 0 radical (unpaired) electrons. The van der Waals surface area contributed by atoms with E-state index in [0.29, 0.717) is 13.2 Å². The molecule has 206 valence electrons. The Hall–Kier alpha value is -5.08. The van der Waals surface area contributed by atoms with Crippen LogP contribution in [0.15, 0.2) is 158 Å². The van der Waals surface area contributed by atoms with Crippen molar-refractivity contribution in [3.8, 4) is 33.8 Å². The third-order valence-electron chi connectivity index (χ3n) is 7.69. The van der Waals surface area contributed by atoms with Gasteiger partial charge in [-0.3, -0.25) is 0 Å². The van der Waals surface area contributed by atoms with Crippen LogP contribution in [0.2, 0.25) is 0 Å². The maximum absolute atomic E-state index is 6.07. The van der Waals surface area contributed by atoms with Gasteiger partial charge >= 0.3 is 0 Å². The Morgan fingerprint density at radius 3 is 1.07 bits per heavy atom. The Bertz CT molecular complexity index is 1540. The quantitative estimate of drug-likeness (QED) is 0.170. The van der Waals surface area contributed by atoms with E-state index in [-0.39, 0.29) is 5.92 Å². The SMILES string of the molecule is CC(c1ccc(OCc2ccc(-c3ccccc3)cc2)cc1)c1ccc(OCc2ccc(-c3ccccc3)cc2)cc1. The molecule has 0 aliphatic carbocycles. The van der Waals surface area contributed by atoms with Crippen molar-refractivity contribution in [3.05, 3.63) is 180 Å². The molecule has 0 saturated carbocycles. The minimum absolute atomic E-state index is 0.268. The topological polar surface area (TPSA) is 18.5 Å². The third kappa shape index (κ3) is 6.79. The van der Waals surface area contributed by atoms with Crippen molar-refractivity contribution in [2.24, 2.45) is 0 Å². The summed E-state index contributed by atoms with van der Waals surface area (Å²) in [4.78, 5) is 0. The van der Waals surface area contributed by atoms with Gasteiger partial charge in [-0.1, -0.05) is 140 Å². The first kappa shape index (κ1) is 27.1. The van der Waals surface area contributed by atoms with E-state index in [2.05, 4.69) is 153 Å². The standard InChI is InChI=1S/C40H34O2/c1-30(33-20-24-39(25-21-33)41-28-31-12-16-37(17-13-31)35-8-4-2-5-9-35)34-22-26-40(27-23-34)42-29-32-14-18-38(19-15-32)36-10-6-3-7-11-36/h2-27,30H,28-29H2,1H3. The third-order valence-corrected chi connectivity index (χ3v) is 7.69. The maximum Gasteiger partial charge on any atom is 0.119 e. The monoisotopic (exact) mass is 546 g/mol. The van der Waals surface area contributed by atoms with E-state index in [9.17, 15) is 0 Å². The second-order valence-electron chi connectivity index (χ2n) is 10.6. The molecule has 6 aromatic carbocycles. The van der Waals surface area contributed by atoms with Gasteiger partial charge in [-0.05, 0) is 68.8 Å². The second-order valence-corrected chi connectivity index (χ2v) is 10.6. The zero-order chi connectivity index (χ0) is 28.6. The molecule has 0 bridgehead atoms. The molecule has 6 rings (SSSR count). The molecule has 2 nitrogen and oxygen atoms in total. The van der Waals surface area contributed by atoms with Crippen LogP contribution in [0.25, 0.3) is 22.3 Å². The predicted molar refractivity (Wildman–Crippen MR) is 173 cm³/mol. The van der Waals surface area contributed by atoms with E-state index < -0.39 is 0 Å². The maximum atomic E-state index is 6.07. The summed E-state index contributed by atoms with van der Waals surface area (Å²) >= 11 is 0. The van der Waals surface area contributed by atoms with Crippen LogP contribution in [0.1, 0.15) is 35.1 Å². The van der Waals surface area contributed by atoms with Crippen LogP contribution in [0, 0.1) is 0 Å². The number of rotatable bonds is 10. The molecule has 0 spiro atoms. The zero-order valence-corrected chi connectivity index (χ0v) is 23.8. The average molecular weight is 547 g/mol. The Morgan fingerprint density at radius 1 is 0.381 bits per heavy atom. The average Bonchev–Trinajstić information content (AvgIpc) is 3.08. The summed E-state index contributed by atoms with van der Waals surface area (Å²) in [5, 5.41) is 0. The van der Waals surface area contributed by atoms with Gasteiger partial charge in [0.15, 0.2) is 0 Å². The summed E-state index contributed by atoms with van der Waals surface area (Å²) in [5.74, 6) is 2.02. The van der Waals surface area contributed by atoms with Gasteiger partial charge in [-0.2, -0.15) is 0 Å². The number of ether oxygens (including phenoxy) is 2. The van der Waals surface area contributed by atoms with E-state index in [4.69, 9.17) is 9.47 Å². The van der Waals surface area contributed by atoms with Crippen LogP contribution < -0.4 is 9.47 Å². The Labute approximate surface area is 248 Å². The Balaban J connectivity index is 0.998. The molecule has 0 unspecified atom stereocenters. The van der Waals surface area contributed by atoms with Gasteiger partial charge in [0.1, 0.15) is 24.7 Å². The van der Waals surface area contributed by atoms with E-state index in [1.165, 1.54) is 33.4 Å². The van der Waals surface area contributed by atoms with Gasteiger partial charge in [-0.15, -0.1) is 0 Å². The van der Waals surface area contributed by atoms with Crippen LogP contribution in [0.3, 0.4) is 0 Å². The normalized spacial score (nSPS) is 10.9. The van der Waals surface area contributed by atoms with Crippen molar-refractivity contribution < 1.29 is 9.47 Å². The second kappa shape index (κ2) is 13.1. The molecule has 2 heteroatoms. The Kier molecular flexibility index (Phi) is 8.43. The molecule has 0 atom stereocenters. The fourth-order valence-electron chi connectivity index (χ4n) is 5.08. The van der Waals surface area contributed by atoms with Crippen molar-refractivity contribution in [1.29, 1.82) is 0 Å². The number of benzene rings is 6. The van der Waals surface area contributed by atoms with E-state index in [1.807, 2.05) is 12.1 Å². The summed E-state index contributed by atoms with van der Waals surface area (Å²) in [6.07, 6.45) is 0. The molecule has 0 aliphatic rings. The molecular weight excluding hydrogens is 512 g/mol. The van der Waals surface area contributed by atoms with Crippen LogP contribution in [0.5, 0.6) is 11.5 Å². The van der Waals surface area contributed by atoms with Crippen molar-refractivity contribution in [3.63, 3.8) is 0 Å². The van der Waals surface area contributed by atoms with Gasteiger partial charge in [0, 0.05) is 5.92 Å². The molecule has 0 heterocycles. The largest absolute Gasteiger partial charge is 0.489 e. The first-order chi connectivity index (χ1) is 20.7. The summed E-state index contributed by atoms with van der Waals surface area (Å²) in [6, 6.07) is 54.8. The minimum Gasteiger partial charge on any atom is -0.489 e. The van der Waals surface area contributed by atoms with Gasteiger partial charge in [0.05, 0.1) is 0 Å². The highest BCUT2D eigenvalue weighted by Crippen LogP contribution is 2.28. The highest BCUT2D eigenvalue weighted by atomic mass is 16.5. The number of hydrogen-bond donors (Lipinski definition) is 0. The van der Waals surface area contributed by atoms with Crippen molar-refractivity contribution in [1.82, 2.24) is 0 Å². The smallest absolute Gasteiger partial charge is 0.119 e. The van der Waals surface area contributed by atoms with Crippen molar-refractivity contribution in [2.75, 3.05) is 0 Å². The highest BCUT2D eigenvalue weighted by molar-refractivity contribution is 5.64. The van der Waals surface area contributed by atoms with Crippen molar-refractivity contribution in [2.45, 2.75) is 26.1 Å². The summed E-state index contributed by atoms with van der Waals surface area (Å²) in [6.45, 7) is 3.32. The summed E-state index contributed by atoms with van der Waals surface area (Å²) < 4.78 is 12.1. The first-order valence-electron chi connectivity index (χ1n) is 14.5. The van der Waals surface area contributed by atoms with Gasteiger partial charge in [0.25, 0.3) is 0 Å². The lowest BCUT2D eigenvalue weighted by Gasteiger charge is -2.15. The first-order valence-corrected chi connectivity index (χ1v) is 14.5. The molecule has 0 amide bonds. The van der Waals surface area contributed by atoms with E-state index in [1.54, 1.807) is 0 Å². The minimum atomic E-state index is 0.268. The molecule has 0 aromatic heterocycles. The fourth-order valence-corrected chi connectivity index (χ4v) is 5.08. The molecule has 0 N–H and O–H groups in total. The Morgan fingerprint density at radius 2 is 0.714 bits per heavy atom. The van der Waals surface area contributed by atoms with Gasteiger partial charge in [0.2, 0.25) is 0 Å². The molecular formula is C40H34O2. The summed E-state index contributed by atoms with van der Waals surface area (Å²) in [7, 11) is 0. The van der Waals surface area contributed by atoms with Crippen molar-refractivity contribution >= 4 is 0 Å². The van der Waals surface area contributed by atoms with Crippen LogP contribution in [0.4, 0.5) is 0 Å². The lowest BCUT2D eigenvalue weighted by molar-refractivity contribution is 0.306. The lowest BCUT2D eigenvalue weighted by Crippen LogP contribution is -1.99. The highest BCUT2D eigenvalue weighted by Gasteiger charge is 2.10. The van der Waals surface area contributed by atoms with E-state index >= 15 is 0 Å². The van der Waals surface area contributed by atoms with Gasteiger partial charge in [-0.25, -0.2) is 0 Å².